The van der Waals surface area contributed by atoms with Crippen molar-refractivity contribution in [2.24, 2.45) is 0 Å². The Morgan fingerprint density at radius 3 is 2.28 bits per heavy atom. The number of sulfonamides is 1. The van der Waals surface area contributed by atoms with Crippen LogP contribution < -0.4 is 9.62 Å². The van der Waals surface area contributed by atoms with E-state index in [0.717, 1.165) is 55.1 Å². The molecule has 1 aromatic heterocycles. The van der Waals surface area contributed by atoms with Crippen LogP contribution in [0.1, 0.15) is 30.7 Å². The average molecular weight is 960 g/mol. The van der Waals surface area contributed by atoms with Gasteiger partial charge in [0.05, 0.1) is 35.7 Å². The van der Waals surface area contributed by atoms with Gasteiger partial charge in [-0.2, -0.15) is 13.2 Å². The summed E-state index contributed by atoms with van der Waals surface area (Å²) in [5.74, 6) is 0.437. The van der Waals surface area contributed by atoms with Crippen LogP contribution in [0.4, 0.5) is 24.8 Å². The number of likely N-dealkylation sites (tertiary alicyclic amines) is 1. The third-order valence-electron chi connectivity index (χ3n) is 12.1. The highest BCUT2D eigenvalue weighted by atomic mass is 35.5. The number of sulfone groups is 1. The molecule has 13 nitrogen and oxygen atoms in total. The molecule has 20 heteroatoms. The first-order chi connectivity index (χ1) is 30.7. The number of ether oxygens (including phenoxy) is 1. The Labute approximate surface area is 381 Å². The molecule has 4 heterocycles. The second-order valence-electron chi connectivity index (χ2n) is 16.2. The van der Waals surface area contributed by atoms with Crippen molar-refractivity contribution in [3.8, 4) is 11.1 Å². The van der Waals surface area contributed by atoms with Gasteiger partial charge in [-0.25, -0.2) is 21.6 Å². The Morgan fingerprint density at radius 1 is 0.859 bits per heavy atom. The van der Waals surface area contributed by atoms with Gasteiger partial charge in [-0.15, -0.1) is 22.0 Å². The maximum Gasteiger partial charge on any atom is 0.501 e. The molecular weight excluding hydrogens is 909 g/mol. The highest BCUT2D eigenvalue weighted by Crippen LogP contribution is 2.40. The second-order valence-corrected chi connectivity index (χ2v) is 21.4. The Kier molecular flexibility index (Phi) is 14.3. The monoisotopic (exact) mass is 958 g/mol. The number of piperidine rings is 1. The number of rotatable bonds is 15. The second kappa shape index (κ2) is 19.7. The summed E-state index contributed by atoms with van der Waals surface area (Å²) in [6.07, 6.45) is 2.33. The van der Waals surface area contributed by atoms with Crippen LogP contribution >= 0.6 is 23.4 Å². The molecule has 0 amide bonds. The topological polar surface area (TPSA) is 133 Å². The summed E-state index contributed by atoms with van der Waals surface area (Å²) in [7, 11) is -9.14. The quantitative estimate of drug-likeness (QED) is 0.0826. The van der Waals surface area contributed by atoms with E-state index in [4.69, 9.17) is 16.3 Å². The predicted molar refractivity (Wildman–Crippen MR) is 242 cm³/mol. The van der Waals surface area contributed by atoms with E-state index < -0.39 is 40.5 Å². The van der Waals surface area contributed by atoms with Crippen LogP contribution in [0.25, 0.3) is 11.1 Å². The largest absolute Gasteiger partial charge is 0.501 e. The van der Waals surface area contributed by atoms with Crippen molar-refractivity contribution in [2.75, 3.05) is 69.2 Å². The van der Waals surface area contributed by atoms with Crippen LogP contribution in [-0.2, 0) is 44.2 Å². The van der Waals surface area contributed by atoms with Crippen LogP contribution in [0.5, 0.6) is 0 Å². The summed E-state index contributed by atoms with van der Waals surface area (Å²) in [6.45, 7) is 7.10. The fourth-order valence-electron chi connectivity index (χ4n) is 8.55. The minimum absolute atomic E-state index is 0.104. The molecule has 8 rings (SSSR count). The van der Waals surface area contributed by atoms with Crippen molar-refractivity contribution in [3.63, 3.8) is 0 Å². The number of alkyl halides is 3. The van der Waals surface area contributed by atoms with Gasteiger partial charge in [0.1, 0.15) is 10.7 Å². The van der Waals surface area contributed by atoms with Crippen LogP contribution in [0.2, 0.25) is 5.02 Å². The van der Waals surface area contributed by atoms with Gasteiger partial charge >= 0.3 is 5.51 Å². The van der Waals surface area contributed by atoms with Gasteiger partial charge in [0.25, 0.3) is 19.9 Å². The van der Waals surface area contributed by atoms with Crippen LogP contribution in [0.15, 0.2) is 112 Å². The van der Waals surface area contributed by atoms with Crippen molar-refractivity contribution in [2.45, 2.75) is 70.5 Å². The molecule has 3 aliphatic heterocycles. The number of morpholine rings is 1. The lowest BCUT2D eigenvalue weighted by Crippen LogP contribution is -2.47. The molecule has 2 saturated heterocycles. The number of halogens is 4. The maximum absolute atomic E-state index is 14.4. The van der Waals surface area contributed by atoms with Gasteiger partial charge in [-0.05, 0) is 91.5 Å². The summed E-state index contributed by atoms with van der Waals surface area (Å²) in [4.78, 5) is 7.45. The zero-order chi connectivity index (χ0) is 45.1. The molecule has 0 saturated carbocycles. The molecular formula is C44H50ClF3N8O5S3. The van der Waals surface area contributed by atoms with Crippen LogP contribution in [0, 0.1) is 0 Å². The van der Waals surface area contributed by atoms with E-state index in [-0.39, 0.29) is 17.7 Å². The van der Waals surface area contributed by atoms with Gasteiger partial charge in [0.15, 0.2) is 0 Å². The number of nitrogens with zero attached hydrogens (tertiary/aromatic N) is 7. The number of aromatic nitrogens is 3. The minimum atomic E-state index is -6.02. The lowest BCUT2D eigenvalue weighted by molar-refractivity contribution is -0.0435. The average Bonchev–Trinajstić information content (AvgIpc) is 3.69. The van der Waals surface area contributed by atoms with Gasteiger partial charge < -0.3 is 9.64 Å². The summed E-state index contributed by atoms with van der Waals surface area (Å²) >= 11 is 7.52. The number of hydrogen-bond acceptors (Lipinski definition) is 12. The van der Waals surface area contributed by atoms with Gasteiger partial charge in [0.2, 0.25) is 5.95 Å². The first-order valence-electron chi connectivity index (χ1n) is 21.1. The molecule has 64 heavy (non-hydrogen) atoms. The fourth-order valence-corrected chi connectivity index (χ4v) is 11.9. The summed E-state index contributed by atoms with van der Waals surface area (Å²) in [5, 5.41) is 8.58. The number of nitrogens with one attached hydrogen (secondary N) is 1. The number of thioether (sulfide) groups is 1. The molecule has 5 aromatic rings. The third-order valence-corrected chi connectivity index (χ3v) is 16.6. The highest BCUT2D eigenvalue weighted by molar-refractivity contribution is 8.00. The van der Waals surface area contributed by atoms with Gasteiger partial charge in [-0.3, -0.25) is 19.3 Å². The third kappa shape index (κ3) is 10.6. The van der Waals surface area contributed by atoms with Crippen LogP contribution in [0.3, 0.4) is 0 Å². The SMILES string of the molecule is CN(c1ccc(S(=O)(=O)Nc2nnc3n2CCN(C2CCN(Cc4ccccc4-c4ccc(Cl)cc4)CC2)C3)cc1S(=O)(=O)C(F)(F)F)[C@@H](CCN1CCOCC1)Sc1ccccc1. The molecule has 0 aliphatic carbocycles. The van der Waals surface area contributed by atoms with E-state index in [1.807, 2.05) is 60.7 Å². The molecule has 1 atom stereocenters. The van der Waals surface area contributed by atoms with E-state index in [2.05, 4.69) is 47.8 Å². The maximum atomic E-state index is 14.4. The zero-order valence-corrected chi connectivity index (χ0v) is 38.4. The molecule has 3 aliphatic rings. The smallest absolute Gasteiger partial charge is 0.379 e. The van der Waals surface area contributed by atoms with E-state index in [0.29, 0.717) is 75.8 Å². The molecule has 0 radical (unpaired) electrons. The van der Waals surface area contributed by atoms with Crippen molar-refractivity contribution in [1.29, 1.82) is 0 Å². The van der Waals surface area contributed by atoms with Gasteiger partial charge in [-0.1, -0.05) is 66.2 Å². The van der Waals surface area contributed by atoms with Gasteiger partial charge in [0, 0.05) is 62.3 Å². The normalized spacial score (nSPS) is 17.8. The van der Waals surface area contributed by atoms with Crippen LogP contribution in [-0.4, -0.2) is 123 Å². The Hall–Kier alpha value is -4.21. The lowest BCUT2D eigenvalue weighted by atomic mass is 9.97. The van der Waals surface area contributed by atoms with E-state index in [9.17, 15) is 30.0 Å². The summed E-state index contributed by atoms with van der Waals surface area (Å²) in [5.41, 5.74) is -2.44. The van der Waals surface area contributed by atoms with Crippen molar-refractivity contribution < 1.29 is 34.7 Å². The first-order valence-corrected chi connectivity index (χ1v) is 25.3. The molecule has 2 fully saturated rings. The number of hydrogen-bond donors (Lipinski definition) is 1. The Balaban J connectivity index is 0.956. The number of benzene rings is 4. The molecule has 0 spiro atoms. The lowest BCUT2D eigenvalue weighted by Gasteiger charge is -2.40. The Morgan fingerprint density at radius 2 is 1.56 bits per heavy atom. The summed E-state index contributed by atoms with van der Waals surface area (Å²) in [6, 6.07) is 28.6. The van der Waals surface area contributed by atoms with Crippen molar-refractivity contribution in [3.05, 3.63) is 113 Å². The number of anilines is 2. The molecule has 342 valence electrons. The van der Waals surface area contributed by atoms with E-state index >= 15 is 0 Å². The zero-order valence-electron chi connectivity index (χ0n) is 35.2. The Bertz CT molecular complexity index is 2610. The van der Waals surface area contributed by atoms with E-state index in [1.54, 1.807) is 4.57 Å². The van der Waals surface area contributed by atoms with Crippen molar-refractivity contribution >= 4 is 54.9 Å². The minimum Gasteiger partial charge on any atom is -0.379 e. The first kappa shape index (κ1) is 46.3. The molecule has 4 aromatic carbocycles. The highest BCUT2D eigenvalue weighted by Gasteiger charge is 2.49. The predicted octanol–water partition coefficient (Wildman–Crippen LogP) is 7.45. The molecule has 0 unspecified atom stereocenters. The summed E-state index contributed by atoms with van der Waals surface area (Å²) < 4.78 is 107. The van der Waals surface area contributed by atoms with E-state index in [1.165, 1.54) is 34.8 Å². The fraction of sp³-hybridized carbons (Fsp3) is 0.409. The molecule has 1 N–H and O–H groups in total. The van der Waals surface area contributed by atoms with Crippen molar-refractivity contribution in [1.82, 2.24) is 29.5 Å². The standard InChI is InChI=1S/C44H50ClF3N8O5S3/c1-52(42(62-36-8-3-2-4-9-36)19-22-53-25-27-61-28-26-53)39-16-15-37(29-40(39)63(57,58)44(46,47)48)64(59,60)51-43-50-49-41-31-55(23-24-56(41)43)35-17-20-54(21-18-35)30-33-7-5-6-10-38(33)32-11-13-34(45)14-12-32/h2-16,29,35,42H,17-28,30-31H2,1H3,(H,50,51)/t42-/m1/s1. The molecule has 0 bridgehead atoms. The number of fused-ring (bicyclic) bond motifs is 1.